The fraction of sp³-hybridized carbons (Fsp3) is 0.952. The molecule has 10 unspecified atom stereocenters. The molecule has 6 aliphatic carbocycles. The summed E-state index contributed by atoms with van der Waals surface area (Å²) >= 11 is 0. The summed E-state index contributed by atoms with van der Waals surface area (Å²) in [5.41, 5.74) is -0.116. The first-order chi connectivity index (χ1) is 11.1. The van der Waals surface area contributed by atoms with Gasteiger partial charge in [-0.25, -0.2) is 0 Å². The van der Waals surface area contributed by atoms with Crippen LogP contribution in [-0.4, -0.2) is 11.6 Å². The predicted molar refractivity (Wildman–Crippen MR) is 87.5 cm³/mol. The third-order valence-corrected chi connectivity index (χ3v) is 9.44. The summed E-state index contributed by atoms with van der Waals surface area (Å²) in [5.74, 6) is 7.41. The summed E-state index contributed by atoms with van der Waals surface area (Å²) in [6.45, 7) is 2.30. The van der Waals surface area contributed by atoms with E-state index in [4.69, 9.17) is 4.74 Å². The van der Waals surface area contributed by atoms with Gasteiger partial charge in [0.25, 0.3) is 0 Å². The average Bonchev–Trinajstić information content (AvgIpc) is 3.31. The molecule has 6 rings (SSSR count). The second kappa shape index (κ2) is 4.35. The maximum absolute atomic E-state index is 12.9. The number of carbonyl (C=O) groups excluding carboxylic acids is 1. The Morgan fingerprint density at radius 3 is 2.39 bits per heavy atom. The first kappa shape index (κ1) is 13.7. The molecule has 6 fully saturated rings. The lowest BCUT2D eigenvalue weighted by Gasteiger charge is -2.44. The molecule has 23 heavy (non-hydrogen) atoms. The Morgan fingerprint density at radius 1 is 0.870 bits per heavy atom. The minimum Gasteiger partial charge on any atom is -0.459 e. The van der Waals surface area contributed by atoms with E-state index in [2.05, 4.69) is 6.92 Å². The first-order valence-corrected chi connectivity index (χ1v) is 10.4. The van der Waals surface area contributed by atoms with E-state index in [1.54, 1.807) is 0 Å². The van der Waals surface area contributed by atoms with E-state index in [9.17, 15) is 4.79 Å². The molecule has 0 aromatic heterocycles. The van der Waals surface area contributed by atoms with Crippen LogP contribution in [0.5, 0.6) is 0 Å². The lowest BCUT2D eigenvalue weighted by molar-refractivity contribution is -0.175. The number of hydrogen-bond acceptors (Lipinski definition) is 2. The Kier molecular flexibility index (Phi) is 2.60. The predicted octanol–water partition coefficient (Wildman–Crippen LogP) is 4.43. The first-order valence-electron chi connectivity index (χ1n) is 10.4. The zero-order chi connectivity index (χ0) is 15.3. The minimum absolute atomic E-state index is 0.116. The molecule has 0 N–H and O–H groups in total. The van der Waals surface area contributed by atoms with Gasteiger partial charge in [0.15, 0.2) is 0 Å². The molecular formula is C21H30O2. The third-order valence-electron chi connectivity index (χ3n) is 9.44. The van der Waals surface area contributed by atoms with Crippen LogP contribution in [0.15, 0.2) is 0 Å². The lowest BCUT2D eigenvalue weighted by atomic mass is 9.66. The molecule has 6 bridgehead atoms. The second-order valence-corrected chi connectivity index (χ2v) is 10.3. The summed E-state index contributed by atoms with van der Waals surface area (Å²) in [6, 6.07) is 0. The molecule has 0 heterocycles. The molecular weight excluding hydrogens is 284 g/mol. The molecule has 0 aromatic carbocycles. The highest BCUT2D eigenvalue weighted by atomic mass is 16.6. The van der Waals surface area contributed by atoms with E-state index in [0.717, 1.165) is 41.9 Å². The fourth-order valence-corrected chi connectivity index (χ4v) is 8.82. The SMILES string of the molecule is CC1(OC(=O)C2CC3CCC2C3)CC2CC1C1C3CCC(C3)C21. The standard InChI is InChI=1S/C21H30O2/c1-21(23-20(22)16-7-11-2-3-12(16)6-11)10-15-9-17(21)19-14-5-4-13(8-14)18(15)19/h11-19H,2-10H2,1H3. The van der Waals surface area contributed by atoms with Crippen LogP contribution in [0.1, 0.15) is 64.7 Å². The zero-order valence-electron chi connectivity index (χ0n) is 14.4. The molecule has 2 nitrogen and oxygen atoms in total. The Hall–Kier alpha value is -0.530. The second-order valence-electron chi connectivity index (χ2n) is 10.3. The van der Waals surface area contributed by atoms with E-state index >= 15 is 0 Å². The normalized spacial score (nSPS) is 61.3. The molecule has 0 radical (unpaired) electrons. The van der Waals surface area contributed by atoms with Gasteiger partial charge < -0.3 is 4.74 Å². The largest absolute Gasteiger partial charge is 0.459 e. The van der Waals surface area contributed by atoms with Crippen molar-refractivity contribution in [3.63, 3.8) is 0 Å². The zero-order valence-corrected chi connectivity index (χ0v) is 14.4. The molecule has 2 heteroatoms. The molecule has 0 amide bonds. The molecule has 10 atom stereocenters. The number of esters is 1. The van der Waals surface area contributed by atoms with Crippen LogP contribution < -0.4 is 0 Å². The maximum atomic E-state index is 12.9. The van der Waals surface area contributed by atoms with Crippen LogP contribution in [0.2, 0.25) is 0 Å². The van der Waals surface area contributed by atoms with E-state index in [0.29, 0.717) is 11.8 Å². The quantitative estimate of drug-likeness (QED) is 0.557. The van der Waals surface area contributed by atoms with Crippen LogP contribution >= 0.6 is 0 Å². The number of hydrogen-bond donors (Lipinski definition) is 0. The van der Waals surface area contributed by atoms with Crippen molar-refractivity contribution >= 4 is 5.97 Å². The summed E-state index contributed by atoms with van der Waals surface area (Å²) in [6.07, 6.45) is 12.1. The highest BCUT2D eigenvalue weighted by Crippen LogP contribution is 2.70. The van der Waals surface area contributed by atoms with Crippen molar-refractivity contribution in [2.75, 3.05) is 0 Å². The van der Waals surface area contributed by atoms with Crippen molar-refractivity contribution in [1.29, 1.82) is 0 Å². The third kappa shape index (κ3) is 1.69. The van der Waals surface area contributed by atoms with Gasteiger partial charge in [0.1, 0.15) is 5.60 Å². The van der Waals surface area contributed by atoms with Crippen LogP contribution in [0.3, 0.4) is 0 Å². The lowest BCUT2D eigenvalue weighted by Crippen LogP contribution is -2.46. The topological polar surface area (TPSA) is 26.3 Å². The highest BCUT2D eigenvalue weighted by molar-refractivity contribution is 5.74. The number of ether oxygens (including phenoxy) is 1. The fourth-order valence-electron chi connectivity index (χ4n) is 8.82. The summed E-state index contributed by atoms with van der Waals surface area (Å²) in [5, 5.41) is 0. The van der Waals surface area contributed by atoms with Gasteiger partial charge >= 0.3 is 5.97 Å². The van der Waals surface area contributed by atoms with Crippen LogP contribution in [0, 0.1) is 53.3 Å². The van der Waals surface area contributed by atoms with Gasteiger partial charge in [-0.15, -0.1) is 0 Å². The molecule has 0 aromatic rings. The molecule has 0 aliphatic heterocycles. The van der Waals surface area contributed by atoms with Gasteiger partial charge in [-0.05, 0) is 99.7 Å². The summed E-state index contributed by atoms with van der Waals surface area (Å²) in [7, 11) is 0. The Bertz CT molecular complexity index is 556. The molecule has 126 valence electrons. The molecule has 0 saturated heterocycles. The summed E-state index contributed by atoms with van der Waals surface area (Å²) < 4.78 is 6.35. The van der Waals surface area contributed by atoms with Crippen LogP contribution in [0.25, 0.3) is 0 Å². The van der Waals surface area contributed by atoms with Gasteiger partial charge in [0.05, 0.1) is 5.92 Å². The van der Waals surface area contributed by atoms with Gasteiger partial charge in [-0.1, -0.05) is 6.42 Å². The minimum atomic E-state index is -0.116. The van der Waals surface area contributed by atoms with E-state index in [1.165, 1.54) is 51.4 Å². The van der Waals surface area contributed by atoms with Gasteiger partial charge in [0, 0.05) is 5.92 Å². The monoisotopic (exact) mass is 314 g/mol. The number of rotatable bonds is 2. The van der Waals surface area contributed by atoms with E-state index in [-0.39, 0.29) is 17.5 Å². The molecule has 6 aliphatic rings. The molecule has 6 saturated carbocycles. The number of carbonyl (C=O) groups is 1. The van der Waals surface area contributed by atoms with Gasteiger partial charge in [0.2, 0.25) is 0 Å². The maximum Gasteiger partial charge on any atom is 0.309 e. The molecule has 0 spiro atoms. The van der Waals surface area contributed by atoms with Crippen molar-refractivity contribution in [2.45, 2.75) is 70.3 Å². The Balaban J connectivity index is 1.22. The van der Waals surface area contributed by atoms with Gasteiger partial charge in [-0.2, -0.15) is 0 Å². The Labute approximate surface area is 139 Å². The van der Waals surface area contributed by atoms with E-state index in [1.807, 2.05) is 0 Å². The van der Waals surface area contributed by atoms with Crippen LogP contribution in [0.4, 0.5) is 0 Å². The van der Waals surface area contributed by atoms with Gasteiger partial charge in [-0.3, -0.25) is 4.79 Å². The average molecular weight is 314 g/mol. The Morgan fingerprint density at radius 2 is 1.65 bits per heavy atom. The van der Waals surface area contributed by atoms with Crippen molar-refractivity contribution in [3.8, 4) is 0 Å². The highest BCUT2D eigenvalue weighted by Gasteiger charge is 2.67. The van der Waals surface area contributed by atoms with Crippen molar-refractivity contribution in [3.05, 3.63) is 0 Å². The number of fused-ring (bicyclic) bond motifs is 11. The smallest absolute Gasteiger partial charge is 0.309 e. The van der Waals surface area contributed by atoms with Crippen molar-refractivity contribution < 1.29 is 9.53 Å². The van der Waals surface area contributed by atoms with Crippen molar-refractivity contribution in [1.82, 2.24) is 0 Å². The van der Waals surface area contributed by atoms with Crippen molar-refractivity contribution in [2.24, 2.45) is 53.3 Å². The van der Waals surface area contributed by atoms with E-state index < -0.39 is 0 Å². The van der Waals surface area contributed by atoms with Crippen LogP contribution in [-0.2, 0) is 9.53 Å². The summed E-state index contributed by atoms with van der Waals surface area (Å²) in [4.78, 5) is 12.9.